The highest BCUT2D eigenvalue weighted by Crippen LogP contribution is 2.21. The fourth-order valence-corrected chi connectivity index (χ4v) is 3.02. The lowest BCUT2D eigenvalue weighted by Crippen LogP contribution is -2.22. The first kappa shape index (κ1) is 21.9. The van der Waals surface area contributed by atoms with Crippen LogP contribution in [0.25, 0.3) is 5.82 Å². The maximum atomic E-state index is 12.4. The zero-order valence-electron chi connectivity index (χ0n) is 16.9. The Bertz CT molecular complexity index is 1190. The number of aryl methyl sites for hydroxylation is 3. The molecular weight excluding hydrogens is 426 g/mol. The lowest BCUT2D eigenvalue weighted by atomic mass is 10.2. The monoisotopic (exact) mass is 443 g/mol. The Balaban J connectivity index is 1.68. The van der Waals surface area contributed by atoms with Crippen molar-refractivity contribution in [3.05, 3.63) is 74.2 Å². The lowest BCUT2D eigenvalue weighted by molar-refractivity contribution is -0.384. The zero-order chi connectivity index (χ0) is 22.7. The standard InChI is InChI=1S/C20H18ClN5O5/c1-11-8-14(26(29)30)4-6-16(11)22-18(27)10-31-20(28)19-15(21)5-7-17(23-19)25-13(3)9-12(2)24-25/h4-9H,10H2,1-3H3,(H,22,27). The fraction of sp³-hybridized carbons (Fsp3) is 0.200. The second kappa shape index (κ2) is 8.92. The molecule has 0 saturated heterocycles. The number of anilines is 1. The first-order valence-corrected chi connectivity index (χ1v) is 9.45. The molecule has 31 heavy (non-hydrogen) atoms. The number of carbonyl (C=O) groups excluding carboxylic acids is 2. The summed E-state index contributed by atoms with van der Waals surface area (Å²) in [6.45, 7) is 4.71. The number of pyridine rings is 1. The predicted octanol–water partition coefficient (Wildman–Crippen LogP) is 3.55. The zero-order valence-corrected chi connectivity index (χ0v) is 17.6. The van der Waals surface area contributed by atoms with Gasteiger partial charge in [-0.2, -0.15) is 5.10 Å². The number of esters is 1. The van der Waals surface area contributed by atoms with E-state index in [1.807, 2.05) is 19.9 Å². The van der Waals surface area contributed by atoms with Crippen LogP contribution in [0.1, 0.15) is 27.4 Å². The smallest absolute Gasteiger partial charge is 0.359 e. The van der Waals surface area contributed by atoms with Gasteiger partial charge >= 0.3 is 5.97 Å². The van der Waals surface area contributed by atoms with E-state index in [1.54, 1.807) is 17.7 Å². The largest absolute Gasteiger partial charge is 0.451 e. The maximum Gasteiger partial charge on any atom is 0.359 e. The first-order valence-electron chi connectivity index (χ1n) is 9.08. The Morgan fingerprint density at radius 2 is 1.94 bits per heavy atom. The molecule has 3 rings (SSSR count). The number of hydrogen-bond acceptors (Lipinski definition) is 7. The van der Waals surface area contributed by atoms with Gasteiger partial charge in [0.1, 0.15) is 0 Å². The van der Waals surface area contributed by atoms with E-state index in [0.717, 1.165) is 11.4 Å². The van der Waals surface area contributed by atoms with E-state index in [1.165, 1.54) is 24.3 Å². The summed E-state index contributed by atoms with van der Waals surface area (Å²) in [6, 6.07) is 8.97. The Kier molecular flexibility index (Phi) is 6.30. The third-order valence-corrected chi connectivity index (χ3v) is 4.59. The Labute approximate surface area is 182 Å². The number of aromatic nitrogens is 3. The van der Waals surface area contributed by atoms with Crippen molar-refractivity contribution in [3.8, 4) is 5.82 Å². The van der Waals surface area contributed by atoms with Gasteiger partial charge in [-0.15, -0.1) is 0 Å². The van der Waals surface area contributed by atoms with Gasteiger partial charge < -0.3 is 10.1 Å². The number of halogens is 1. The van der Waals surface area contributed by atoms with Crippen molar-refractivity contribution in [1.82, 2.24) is 14.8 Å². The number of benzene rings is 1. The molecule has 0 radical (unpaired) electrons. The van der Waals surface area contributed by atoms with Crippen LogP contribution in [0.4, 0.5) is 11.4 Å². The van der Waals surface area contributed by atoms with Gasteiger partial charge in [-0.25, -0.2) is 14.5 Å². The van der Waals surface area contributed by atoms with Crippen molar-refractivity contribution in [2.24, 2.45) is 0 Å². The summed E-state index contributed by atoms with van der Waals surface area (Å²) < 4.78 is 6.60. The Hall–Kier alpha value is -3.79. The minimum absolute atomic E-state index is 0.0712. The molecule has 0 atom stereocenters. The number of amides is 1. The van der Waals surface area contributed by atoms with Crippen LogP contribution in [-0.2, 0) is 9.53 Å². The summed E-state index contributed by atoms with van der Waals surface area (Å²) >= 11 is 6.08. The number of nitro groups is 1. The molecule has 0 aliphatic heterocycles. The van der Waals surface area contributed by atoms with Crippen molar-refractivity contribution < 1.29 is 19.2 Å². The number of nitro benzene ring substituents is 1. The predicted molar refractivity (Wildman–Crippen MR) is 113 cm³/mol. The highest BCUT2D eigenvalue weighted by atomic mass is 35.5. The SMILES string of the molecule is Cc1cc(C)n(-c2ccc(Cl)c(C(=O)OCC(=O)Nc3ccc([N+](=O)[O-])cc3C)n2)n1. The first-order chi connectivity index (χ1) is 14.7. The number of hydrogen-bond donors (Lipinski definition) is 1. The van der Waals surface area contributed by atoms with E-state index in [-0.39, 0.29) is 16.4 Å². The van der Waals surface area contributed by atoms with Gasteiger partial charge in [0, 0.05) is 23.5 Å². The third-order valence-electron chi connectivity index (χ3n) is 4.28. The van der Waals surface area contributed by atoms with Crippen molar-refractivity contribution in [2.75, 3.05) is 11.9 Å². The molecule has 1 N–H and O–H groups in total. The quantitative estimate of drug-likeness (QED) is 0.350. The molecule has 160 valence electrons. The molecule has 1 aromatic carbocycles. The number of rotatable bonds is 6. The summed E-state index contributed by atoms with van der Waals surface area (Å²) in [5, 5.41) is 17.7. The van der Waals surface area contributed by atoms with Gasteiger partial charge in [-0.3, -0.25) is 14.9 Å². The summed E-state index contributed by atoms with van der Waals surface area (Å²) in [6.07, 6.45) is 0. The number of ether oxygens (including phenoxy) is 1. The highest BCUT2D eigenvalue weighted by molar-refractivity contribution is 6.33. The molecule has 0 aliphatic carbocycles. The average Bonchev–Trinajstić information content (AvgIpc) is 3.06. The van der Waals surface area contributed by atoms with Crippen LogP contribution >= 0.6 is 11.6 Å². The minimum Gasteiger partial charge on any atom is -0.451 e. The maximum absolute atomic E-state index is 12.4. The average molecular weight is 444 g/mol. The summed E-state index contributed by atoms with van der Waals surface area (Å²) in [5.74, 6) is -1.10. The van der Waals surface area contributed by atoms with Gasteiger partial charge in [-0.05, 0) is 50.6 Å². The van der Waals surface area contributed by atoms with Gasteiger partial charge in [-0.1, -0.05) is 11.6 Å². The molecular formula is C20H18ClN5O5. The van der Waals surface area contributed by atoms with Crippen LogP contribution in [0, 0.1) is 30.9 Å². The number of non-ortho nitro benzene ring substituents is 1. The molecule has 0 bridgehead atoms. The number of carbonyl (C=O) groups is 2. The molecule has 10 nitrogen and oxygen atoms in total. The number of nitrogens with zero attached hydrogens (tertiary/aromatic N) is 4. The normalized spacial score (nSPS) is 10.6. The molecule has 3 aromatic rings. The number of nitrogens with one attached hydrogen (secondary N) is 1. The summed E-state index contributed by atoms with van der Waals surface area (Å²) in [7, 11) is 0. The van der Waals surface area contributed by atoms with Gasteiger partial charge in [0.2, 0.25) is 0 Å². The van der Waals surface area contributed by atoms with E-state index in [0.29, 0.717) is 17.1 Å². The van der Waals surface area contributed by atoms with Crippen molar-refractivity contribution in [1.29, 1.82) is 0 Å². The van der Waals surface area contributed by atoms with E-state index in [9.17, 15) is 19.7 Å². The van der Waals surface area contributed by atoms with E-state index in [4.69, 9.17) is 16.3 Å². The molecule has 2 heterocycles. The van der Waals surface area contributed by atoms with Gasteiger partial charge in [0.05, 0.1) is 15.6 Å². The Morgan fingerprint density at radius 3 is 2.55 bits per heavy atom. The van der Waals surface area contributed by atoms with E-state index >= 15 is 0 Å². The molecule has 0 aliphatic rings. The van der Waals surface area contributed by atoms with Crippen LogP contribution in [-0.4, -0.2) is 38.2 Å². The van der Waals surface area contributed by atoms with E-state index in [2.05, 4.69) is 15.4 Å². The minimum atomic E-state index is -0.871. The third kappa shape index (κ3) is 5.04. The molecule has 1 amide bonds. The second-order valence-electron chi connectivity index (χ2n) is 6.72. The van der Waals surface area contributed by atoms with Crippen LogP contribution < -0.4 is 5.32 Å². The molecule has 0 spiro atoms. The Morgan fingerprint density at radius 1 is 1.19 bits per heavy atom. The van der Waals surface area contributed by atoms with Gasteiger partial charge in [0.15, 0.2) is 18.1 Å². The lowest BCUT2D eigenvalue weighted by Gasteiger charge is -2.10. The summed E-state index contributed by atoms with van der Waals surface area (Å²) in [4.78, 5) is 39.1. The van der Waals surface area contributed by atoms with E-state index < -0.39 is 23.4 Å². The van der Waals surface area contributed by atoms with Crippen LogP contribution in [0.5, 0.6) is 0 Å². The molecule has 0 unspecified atom stereocenters. The molecule has 11 heteroatoms. The summed E-state index contributed by atoms with van der Waals surface area (Å²) in [5.41, 5.74) is 2.24. The van der Waals surface area contributed by atoms with Crippen LogP contribution in [0.15, 0.2) is 36.4 Å². The highest BCUT2D eigenvalue weighted by Gasteiger charge is 2.18. The molecule has 0 fully saturated rings. The molecule has 2 aromatic heterocycles. The molecule has 0 saturated carbocycles. The second-order valence-corrected chi connectivity index (χ2v) is 7.13. The van der Waals surface area contributed by atoms with Crippen LogP contribution in [0.3, 0.4) is 0 Å². The fourth-order valence-electron chi connectivity index (χ4n) is 2.84. The van der Waals surface area contributed by atoms with Gasteiger partial charge in [0.25, 0.3) is 11.6 Å². The van der Waals surface area contributed by atoms with Crippen molar-refractivity contribution >= 4 is 34.9 Å². The van der Waals surface area contributed by atoms with Crippen molar-refractivity contribution in [2.45, 2.75) is 20.8 Å². The topological polar surface area (TPSA) is 129 Å². The van der Waals surface area contributed by atoms with Crippen molar-refractivity contribution in [3.63, 3.8) is 0 Å². The van der Waals surface area contributed by atoms with Crippen LogP contribution in [0.2, 0.25) is 5.02 Å².